The summed E-state index contributed by atoms with van der Waals surface area (Å²) in [5, 5.41) is 12.6. The van der Waals surface area contributed by atoms with Crippen molar-refractivity contribution in [1.29, 1.82) is 0 Å². The van der Waals surface area contributed by atoms with Crippen LogP contribution in [0.2, 0.25) is 0 Å². The lowest BCUT2D eigenvalue weighted by Gasteiger charge is -2.33. The fourth-order valence-electron chi connectivity index (χ4n) is 2.64. The van der Waals surface area contributed by atoms with Crippen LogP contribution < -0.4 is 5.32 Å². The quantitative estimate of drug-likeness (QED) is 0.811. The number of hydrogen-bond donors (Lipinski definition) is 2. The SMILES string of the molecule is CC(O)CN(C(=O)NC1CCCC1(C)C)C(C)C. The minimum absolute atomic E-state index is 0.0501. The Kier molecular flexibility index (Phi) is 5.02. The van der Waals surface area contributed by atoms with E-state index in [0.717, 1.165) is 12.8 Å². The van der Waals surface area contributed by atoms with E-state index in [1.165, 1.54) is 6.42 Å². The maximum Gasteiger partial charge on any atom is 0.317 e. The van der Waals surface area contributed by atoms with E-state index in [0.29, 0.717) is 6.54 Å². The Bertz CT molecular complexity index is 288. The predicted molar refractivity (Wildman–Crippen MR) is 73.5 cm³/mol. The summed E-state index contributed by atoms with van der Waals surface area (Å²) in [4.78, 5) is 14.0. The topological polar surface area (TPSA) is 52.6 Å². The standard InChI is InChI=1S/C14H28N2O2/c1-10(2)16(9-11(3)17)13(18)15-12-7-6-8-14(12,4)5/h10-12,17H,6-9H2,1-5H3,(H,15,18). The first kappa shape index (κ1) is 15.3. The molecular weight excluding hydrogens is 228 g/mol. The van der Waals surface area contributed by atoms with Crippen LogP contribution >= 0.6 is 0 Å². The lowest BCUT2D eigenvalue weighted by Crippen LogP contribution is -2.52. The van der Waals surface area contributed by atoms with Crippen LogP contribution in [0, 0.1) is 5.41 Å². The van der Waals surface area contributed by atoms with Crippen LogP contribution in [-0.2, 0) is 0 Å². The molecule has 0 aromatic carbocycles. The van der Waals surface area contributed by atoms with Crippen LogP contribution in [0.25, 0.3) is 0 Å². The molecule has 0 aliphatic heterocycles. The molecule has 0 saturated heterocycles. The first-order chi connectivity index (χ1) is 8.24. The third-order valence-electron chi connectivity index (χ3n) is 3.90. The zero-order valence-corrected chi connectivity index (χ0v) is 12.4. The minimum Gasteiger partial charge on any atom is -0.392 e. The van der Waals surface area contributed by atoms with Crippen LogP contribution in [0.1, 0.15) is 53.9 Å². The van der Waals surface area contributed by atoms with E-state index in [-0.39, 0.29) is 23.5 Å². The average molecular weight is 256 g/mol. The molecule has 0 aromatic heterocycles. The van der Waals surface area contributed by atoms with Crippen molar-refractivity contribution in [2.24, 2.45) is 5.41 Å². The van der Waals surface area contributed by atoms with Gasteiger partial charge in [-0.3, -0.25) is 0 Å². The second kappa shape index (κ2) is 5.91. The molecule has 1 aliphatic rings. The normalized spacial score (nSPS) is 24.1. The number of aliphatic hydroxyl groups excluding tert-OH is 1. The Labute approximate surface area is 111 Å². The first-order valence-corrected chi connectivity index (χ1v) is 6.99. The number of aliphatic hydroxyl groups is 1. The number of hydrogen-bond acceptors (Lipinski definition) is 2. The van der Waals surface area contributed by atoms with E-state index in [2.05, 4.69) is 19.2 Å². The Morgan fingerprint density at radius 1 is 1.44 bits per heavy atom. The number of amides is 2. The molecule has 0 bridgehead atoms. The van der Waals surface area contributed by atoms with Crippen LogP contribution in [0.4, 0.5) is 4.79 Å². The van der Waals surface area contributed by atoms with Crippen molar-refractivity contribution in [2.75, 3.05) is 6.54 Å². The van der Waals surface area contributed by atoms with Gasteiger partial charge >= 0.3 is 6.03 Å². The minimum atomic E-state index is -0.491. The van der Waals surface area contributed by atoms with E-state index < -0.39 is 6.10 Å². The molecule has 0 radical (unpaired) electrons. The van der Waals surface area contributed by atoms with Crippen LogP contribution in [0.15, 0.2) is 0 Å². The third-order valence-corrected chi connectivity index (χ3v) is 3.90. The molecule has 1 rings (SSSR count). The van der Waals surface area contributed by atoms with Gasteiger partial charge < -0.3 is 15.3 Å². The van der Waals surface area contributed by atoms with Gasteiger partial charge in [0.1, 0.15) is 0 Å². The predicted octanol–water partition coefficient (Wildman–Crippen LogP) is 2.37. The molecule has 1 fully saturated rings. The van der Waals surface area contributed by atoms with Gasteiger partial charge in [-0.15, -0.1) is 0 Å². The highest BCUT2D eigenvalue weighted by atomic mass is 16.3. The molecule has 2 N–H and O–H groups in total. The molecule has 2 amide bonds. The fraction of sp³-hybridized carbons (Fsp3) is 0.929. The van der Waals surface area contributed by atoms with Crippen molar-refractivity contribution in [1.82, 2.24) is 10.2 Å². The Morgan fingerprint density at radius 2 is 2.06 bits per heavy atom. The van der Waals surface area contributed by atoms with E-state index in [1.54, 1.807) is 11.8 Å². The molecule has 18 heavy (non-hydrogen) atoms. The number of nitrogens with zero attached hydrogens (tertiary/aromatic N) is 1. The second-order valence-electron chi connectivity index (χ2n) is 6.48. The number of urea groups is 1. The molecule has 2 unspecified atom stereocenters. The third kappa shape index (κ3) is 3.87. The van der Waals surface area contributed by atoms with Gasteiger partial charge in [0.25, 0.3) is 0 Å². The Morgan fingerprint density at radius 3 is 2.44 bits per heavy atom. The summed E-state index contributed by atoms with van der Waals surface area (Å²) in [5.41, 5.74) is 0.184. The molecule has 4 nitrogen and oxygen atoms in total. The lowest BCUT2D eigenvalue weighted by molar-refractivity contribution is 0.114. The maximum atomic E-state index is 12.3. The molecule has 0 aromatic rings. The molecule has 106 valence electrons. The van der Waals surface area contributed by atoms with Crippen molar-refractivity contribution in [3.8, 4) is 0 Å². The van der Waals surface area contributed by atoms with E-state index >= 15 is 0 Å². The average Bonchev–Trinajstić information content (AvgIpc) is 2.54. The van der Waals surface area contributed by atoms with Gasteiger partial charge in [-0.05, 0) is 39.0 Å². The zero-order valence-electron chi connectivity index (χ0n) is 12.4. The summed E-state index contributed by atoms with van der Waals surface area (Å²) in [6, 6.07) is 0.301. The van der Waals surface area contributed by atoms with Gasteiger partial charge in [0.15, 0.2) is 0 Å². The fourth-order valence-corrected chi connectivity index (χ4v) is 2.64. The highest BCUT2D eigenvalue weighted by Crippen LogP contribution is 2.37. The maximum absolute atomic E-state index is 12.3. The molecule has 2 atom stereocenters. The number of rotatable bonds is 4. The summed E-state index contributed by atoms with van der Waals surface area (Å²) in [7, 11) is 0. The van der Waals surface area contributed by atoms with Gasteiger partial charge in [0.2, 0.25) is 0 Å². The van der Waals surface area contributed by atoms with E-state index in [9.17, 15) is 9.90 Å². The lowest BCUT2D eigenvalue weighted by atomic mass is 9.87. The van der Waals surface area contributed by atoms with Crippen molar-refractivity contribution >= 4 is 6.03 Å². The van der Waals surface area contributed by atoms with Gasteiger partial charge in [-0.1, -0.05) is 20.3 Å². The van der Waals surface area contributed by atoms with Crippen LogP contribution in [0.5, 0.6) is 0 Å². The van der Waals surface area contributed by atoms with Crippen LogP contribution in [-0.4, -0.2) is 40.8 Å². The summed E-state index contributed by atoms with van der Waals surface area (Å²) < 4.78 is 0. The summed E-state index contributed by atoms with van der Waals surface area (Å²) >= 11 is 0. The summed E-state index contributed by atoms with van der Waals surface area (Å²) in [6.07, 6.45) is 2.90. The molecule has 0 heterocycles. The smallest absolute Gasteiger partial charge is 0.317 e. The van der Waals surface area contributed by atoms with Crippen LogP contribution in [0.3, 0.4) is 0 Å². The van der Waals surface area contributed by atoms with Gasteiger partial charge in [-0.25, -0.2) is 4.79 Å². The number of carbonyl (C=O) groups excluding carboxylic acids is 1. The number of carbonyl (C=O) groups is 1. The molecule has 1 saturated carbocycles. The van der Waals surface area contributed by atoms with E-state index in [1.807, 2.05) is 13.8 Å². The van der Waals surface area contributed by atoms with Crippen molar-refractivity contribution < 1.29 is 9.90 Å². The Hall–Kier alpha value is -0.770. The van der Waals surface area contributed by atoms with Gasteiger partial charge in [0, 0.05) is 18.6 Å². The van der Waals surface area contributed by atoms with Gasteiger partial charge in [0.05, 0.1) is 6.10 Å². The monoisotopic (exact) mass is 256 g/mol. The van der Waals surface area contributed by atoms with Crippen molar-refractivity contribution in [2.45, 2.75) is 72.1 Å². The largest absolute Gasteiger partial charge is 0.392 e. The number of nitrogens with one attached hydrogen (secondary N) is 1. The zero-order chi connectivity index (χ0) is 13.9. The first-order valence-electron chi connectivity index (χ1n) is 6.99. The molecule has 4 heteroatoms. The van der Waals surface area contributed by atoms with Crippen molar-refractivity contribution in [3.05, 3.63) is 0 Å². The summed E-state index contributed by atoms with van der Waals surface area (Å²) in [5.74, 6) is 0. The Balaban J connectivity index is 2.61. The molecular formula is C14H28N2O2. The summed E-state index contributed by atoms with van der Waals surface area (Å²) in [6.45, 7) is 10.5. The molecule has 0 spiro atoms. The highest BCUT2D eigenvalue weighted by molar-refractivity contribution is 5.75. The van der Waals surface area contributed by atoms with E-state index in [4.69, 9.17) is 0 Å². The molecule has 1 aliphatic carbocycles. The highest BCUT2D eigenvalue weighted by Gasteiger charge is 2.36. The second-order valence-corrected chi connectivity index (χ2v) is 6.48. The van der Waals surface area contributed by atoms with Gasteiger partial charge in [-0.2, -0.15) is 0 Å². The van der Waals surface area contributed by atoms with Crippen molar-refractivity contribution in [3.63, 3.8) is 0 Å².